The molecule has 5 heteroatoms. The molecule has 1 aromatic rings. The normalized spacial score (nSPS) is 17.2. The zero-order valence-electron chi connectivity index (χ0n) is 8.53. The number of hydrogen-bond donors (Lipinski definition) is 1. The molecule has 1 aliphatic rings. The zero-order valence-corrected chi connectivity index (χ0v) is 10.1. The van der Waals surface area contributed by atoms with Gasteiger partial charge in [0.25, 0.3) is 0 Å². The van der Waals surface area contributed by atoms with Crippen LogP contribution in [-0.2, 0) is 7.05 Å². The van der Waals surface area contributed by atoms with Crippen molar-refractivity contribution in [3.63, 3.8) is 0 Å². The number of carboxylic acid groups (broad SMARTS) is 1. The van der Waals surface area contributed by atoms with E-state index in [4.69, 9.17) is 5.11 Å². The molecule has 15 heavy (non-hydrogen) atoms. The molecule has 1 heterocycles. The van der Waals surface area contributed by atoms with Crippen LogP contribution in [-0.4, -0.2) is 20.6 Å². The molecule has 0 unspecified atom stereocenters. The lowest BCUT2D eigenvalue weighted by atomic mass is 10.1. The lowest BCUT2D eigenvalue weighted by Gasteiger charge is -2.10. The molecule has 4 nitrogen and oxygen atoms in total. The summed E-state index contributed by atoms with van der Waals surface area (Å²) in [5, 5.41) is 8.94. The number of halogens is 1. The first-order valence-corrected chi connectivity index (χ1v) is 5.86. The Hall–Kier alpha value is -0.840. The van der Waals surface area contributed by atoms with Gasteiger partial charge in [0.15, 0.2) is 0 Å². The standard InChI is InChI=1S/C10H13BrN2O2/c1-13-7(6-4-2-3-5-6)8(11)12-9(13)10(14)15/h6H,2-5H2,1H3,(H,14,15). The van der Waals surface area contributed by atoms with Crippen molar-refractivity contribution in [3.8, 4) is 0 Å². The van der Waals surface area contributed by atoms with Crippen molar-refractivity contribution in [2.45, 2.75) is 31.6 Å². The van der Waals surface area contributed by atoms with Gasteiger partial charge in [-0.25, -0.2) is 9.78 Å². The maximum atomic E-state index is 10.9. The van der Waals surface area contributed by atoms with Gasteiger partial charge in [0.05, 0.1) is 5.69 Å². The van der Waals surface area contributed by atoms with Gasteiger partial charge in [0.1, 0.15) is 4.60 Å². The largest absolute Gasteiger partial charge is 0.475 e. The van der Waals surface area contributed by atoms with Crippen molar-refractivity contribution in [1.29, 1.82) is 0 Å². The third kappa shape index (κ3) is 1.80. The molecule has 1 N–H and O–H groups in total. The molecule has 0 saturated heterocycles. The van der Waals surface area contributed by atoms with E-state index >= 15 is 0 Å². The summed E-state index contributed by atoms with van der Waals surface area (Å²) in [6.07, 6.45) is 4.73. The molecule has 1 aromatic heterocycles. The van der Waals surface area contributed by atoms with Crippen LogP contribution in [0.2, 0.25) is 0 Å². The number of hydrogen-bond acceptors (Lipinski definition) is 2. The van der Waals surface area contributed by atoms with E-state index in [1.165, 1.54) is 12.8 Å². The summed E-state index contributed by atoms with van der Waals surface area (Å²) >= 11 is 3.35. The van der Waals surface area contributed by atoms with E-state index in [1.54, 1.807) is 11.6 Å². The monoisotopic (exact) mass is 272 g/mol. The summed E-state index contributed by atoms with van der Waals surface area (Å²) in [7, 11) is 1.77. The number of aromatic carboxylic acids is 1. The summed E-state index contributed by atoms with van der Waals surface area (Å²) in [5.41, 5.74) is 1.03. The van der Waals surface area contributed by atoms with Crippen molar-refractivity contribution in [3.05, 3.63) is 16.1 Å². The summed E-state index contributed by atoms with van der Waals surface area (Å²) in [4.78, 5) is 14.9. The van der Waals surface area contributed by atoms with Gasteiger partial charge in [0.2, 0.25) is 5.82 Å². The van der Waals surface area contributed by atoms with Gasteiger partial charge in [0, 0.05) is 13.0 Å². The molecule has 82 valence electrons. The molecular formula is C10H13BrN2O2. The SMILES string of the molecule is Cn1c(C(=O)O)nc(Br)c1C1CCCC1. The number of carboxylic acids is 1. The average molecular weight is 273 g/mol. The maximum absolute atomic E-state index is 10.9. The fraction of sp³-hybridized carbons (Fsp3) is 0.600. The first-order chi connectivity index (χ1) is 7.11. The Morgan fingerprint density at radius 3 is 2.60 bits per heavy atom. The van der Waals surface area contributed by atoms with E-state index in [1.807, 2.05) is 0 Å². The highest BCUT2D eigenvalue weighted by molar-refractivity contribution is 9.10. The molecule has 0 aromatic carbocycles. The fourth-order valence-electron chi connectivity index (χ4n) is 2.31. The molecule has 1 aliphatic carbocycles. The highest BCUT2D eigenvalue weighted by Crippen LogP contribution is 2.37. The number of aromatic nitrogens is 2. The topological polar surface area (TPSA) is 55.1 Å². The Labute approximate surface area is 96.4 Å². The van der Waals surface area contributed by atoms with E-state index in [0.29, 0.717) is 10.5 Å². The first kappa shape index (κ1) is 10.7. The first-order valence-electron chi connectivity index (χ1n) is 5.06. The van der Waals surface area contributed by atoms with Gasteiger partial charge in [-0.15, -0.1) is 0 Å². The van der Waals surface area contributed by atoms with Crippen LogP contribution in [0.1, 0.15) is 47.9 Å². The minimum absolute atomic E-state index is 0.115. The molecule has 0 radical (unpaired) electrons. The molecule has 1 saturated carbocycles. The molecule has 2 rings (SSSR count). The van der Waals surface area contributed by atoms with Crippen LogP contribution in [0, 0.1) is 0 Å². The van der Waals surface area contributed by atoms with Gasteiger partial charge < -0.3 is 9.67 Å². The Balaban J connectivity index is 2.42. The van der Waals surface area contributed by atoms with Gasteiger partial charge >= 0.3 is 5.97 Å². The predicted octanol–water partition coefficient (Wildman–Crippen LogP) is 2.54. The minimum atomic E-state index is -0.970. The van der Waals surface area contributed by atoms with Crippen LogP contribution in [0.4, 0.5) is 0 Å². The fourth-order valence-corrected chi connectivity index (χ4v) is 3.07. The molecular weight excluding hydrogens is 260 g/mol. The second-order valence-electron chi connectivity index (χ2n) is 3.96. The van der Waals surface area contributed by atoms with Crippen molar-refractivity contribution in [2.75, 3.05) is 0 Å². The molecule has 0 amide bonds. The number of carbonyl (C=O) groups is 1. The summed E-state index contributed by atoms with van der Waals surface area (Å²) in [6.45, 7) is 0. The Kier molecular flexibility index (Phi) is 2.82. The summed E-state index contributed by atoms with van der Waals surface area (Å²) in [6, 6.07) is 0. The van der Waals surface area contributed by atoms with Crippen molar-refractivity contribution in [2.24, 2.45) is 7.05 Å². The van der Waals surface area contributed by atoms with Crippen molar-refractivity contribution in [1.82, 2.24) is 9.55 Å². The van der Waals surface area contributed by atoms with Crippen LogP contribution in [0.5, 0.6) is 0 Å². The molecule has 0 bridgehead atoms. The third-order valence-corrected chi connectivity index (χ3v) is 3.61. The van der Waals surface area contributed by atoms with Crippen LogP contribution >= 0.6 is 15.9 Å². The van der Waals surface area contributed by atoms with Crippen molar-refractivity contribution >= 4 is 21.9 Å². The van der Waals surface area contributed by atoms with E-state index in [-0.39, 0.29) is 5.82 Å². The van der Waals surface area contributed by atoms with Gasteiger partial charge in [-0.2, -0.15) is 0 Å². The number of rotatable bonds is 2. The second-order valence-corrected chi connectivity index (χ2v) is 4.71. The molecule has 0 aliphatic heterocycles. The Morgan fingerprint density at radius 2 is 2.13 bits per heavy atom. The number of nitrogens with zero attached hydrogens (tertiary/aromatic N) is 2. The summed E-state index contributed by atoms with van der Waals surface area (Å²) in [5.74, 6) is -0.392. The predicted molar refractivity (Wildman–Crippen MR) is 59.1 cm³/mol. The smallest absolute Gasteiger partial charge is 0.372 e. The third-order valence-electron chi connectivity index (χ3n) is 3.03. The lowest BCUT2D eigenvalue weighted by molar-refractivity contribution is 0.0679. The molecule has 0 atom stereocenters. The van der Waals surface area contributed by atoms with Crippen molar-refractivity contribution < 1.29 is 9.90 Å². The Morgan fingerprint density at radius 1 is 1.53 bits per heavy atom. The van der Waals surface area contributed by atoms with E-state index in [0.717, 1.165) is 18.5 Å². The van der Waals surface area contributed by atoms with Crippen LogP contribution in [0.25, 0.3) is 0 Å². The quantitative estimate of drug-likeness (QED) is 0.900. The molecule has 1 fully saturated rings. The van der Waals surface area contributed by atoms with Gasteiger partial charge in [-0.05, 0) is 28.8 Å². The van der Waals surface area contributed by atoms with E-state index in [9.17, 15) is 4.79 Å². The maximum Gasteiger partial charge on any atom is 0.372 e. The van der Waals surface area contributed by atoms with Crippen LogP contribution in [0.3, 0.4) is 0 Å². The van der Waals surface area contributed by atoms with Crippen LogP contribution < -0.4 is 0 Å². The lowest BCUT2D eigenvalue weighted by Crippen LogP contribution is -2.09. The Bertz CT molecular complexity index is 394. The minimum Gasteiger partial charge on any atom is -0.475 e. The van der Waals surface area contributed by atoms with E-state index in [2.05, 4.69) is 20.9 Å². The van der Waals surface area contributed by atoms with E-state index < -0.39 is 5.97 Å². The second kappa shape index (κ2) is 3.96. The highest BCUT2D eigenvalue weighted by Gasteiger charge is 2.26. The molecule has 0 spiro atoms. The van der Waals surface area contributed by atoms with Gasteiger partial charge in [-0.3, -0.25) is 0 Å². The van der Waals surface area contributed by atoms with Crippen LogP contribution in [0.15, 0.2) is 4.60 Å². The summed E-state index contributed by atoms with van der Waals surface area (Å²) < 4.78 is 2.39. The zero-order chi connectivity index (χ0) is 11.0. The number of imidazole rings is 1. The highest BCUT2D eigenvalue weighted by atomic mass is 79.9. The van der Waals surface area contributed by atoms with Gasteiger partial charge in [-0.1, -0.05) is 12.8 Å². The average Bonchev–Trinajstić information content (AvgIpc) is 2.73.